The van der Waals surface area contributed by atoms with Crippen LogP contribution in [0.15, 0.2) is 24.3 Å². The molecule has 0 saturated heterocycles. The van der Waals surface area contributed by atoms with Gasteiger partial charge in [-0.15, -0.1) is 0 Å². The molecular formula is C10H15F2NO. The number of nitrogens with two attached hydrogens (primary N) is 1. The Morgan fingerprint density at radius 3 is 2.71 bits per heavy atom. The molecule has 0 saturated carbocycles. The number of hydrogen-bond donors (Lipinski definition) is 1. The van der Waals surface area contributed by atoms with Gasteiger partial charge in [0.05, 0.1) is 6.61 Å². The Morgan fingerprint density at radius 2 is 2.21 bits per heavy atom. The summed E-state index contributed by atoms with van der Waals surface area (Å²) in [5.41, 5.74) is 5.51. The maximum absolute atomic E-state index is 11.8. The molecule has 0 aromatic rings. The van der Waals surface area contributed by atoms with Crippen molar-refractivity contribution in [2.45, 2.75) is 26.0 Å². The number of rotatable bonds is 4. The molecule has 0 radical (unpaired) electrons. The van der Waals surface area contributed by atoms with Crippen LogP contribution in [0.5, 0.6) is 0 Å². The van der Waals surface area contributed by atoms with E-state index in [-0.39, 0.29) is 12.0 Å². The molecule has 0 spiro atoms. The van der Waals surface area contributed by atoms with Crippen LogP contribution in [0.25, 0.3) is 0 Å². The van der Waals surface area contributed by atoms with E-state index in [1.807, 2.05) is 31.2 Å². The van der Waals surface area contributed by atoms with Gasteiger partial charge in [0.15, 0.2) is 0 Å². The highest BCUT2D eigenvalue weighted by Gasteiger charge is 2.29. The Kier molecular flexibility index (Phi) is 3.77. The van der Waals surface area contributed by atoms with Crippen LogP contribution in [-0.2, 0) is 4.74 Å². The molecule has 1 aliphatic carbocycles. The minimum atomic E-state index is -2.74. The molecule has 0 amide bonds. The largest absolute Gasteiger partial charge is 0.345 e. The third-order valence-corrected chi connectivity index (χ3v) is 2.53. The lowest BCUT2D eigenvalue weighted by Crippen LogP contribution is -2.42. The average molecular weight is 203 g/mol. The van der Waals surface area contributed by atoms with E-state index in [0.717, 1.165) is 6.42 Å². The van der Waals surface area contributed by atoms with Crippen LogP contribution in [0.3, 0.4) is 0 Å². The van der Waals surface area contributed by atoms with Crippen LogP contribution in [0.1, 0.15) is 13.3 Å². The third kappa shape index (κ3) is 2.89. The number of halogens is 2. The van der Waals surface area contributed by atoms with Crippen molar-refractivity contribution in [3.63, 3.8) is 0 Å². The summed E-state index contributed by atoms with van der Waals surface area (Å²) in [4.78, 5) is 0. The highest BCUT2D eigenvalue weighted by atomic mass is 19.3. The summed E-state index contributed by atoms with van der Waals surface area (Å²) in [5, 5.41) is 0. The molecule has 2 N–H and O–H groups in total. The van der Waals surface area contributed by atoms with Gasteiger partial charge < -0.3 is 10.5 Å². The first-order chi connectivity index (χ1) is 6.54. The fraction of sp³-hybridized carbons (Fsp3) is 0.600. The van der Waals surface area contributed by atoms with Gasteiger partial charge in [0, 0.05) is 11.5 Å². The predicted molar refractivity (Wildman–Crippen MR) is 50.9 cm³/mol. The van der Waals surface area contributed by atoms with Crippen LogP contribution >= 0.6 is 0 Å². The van der Waals surface area contributed by atoms with Crippen molar-refractivity contribution in [2.24, 2.45) is 11.1 Å². The van der Waals surface area contributed by atoms with Crippen LogP contribution < -0.4 is 5.73 Å². The smallest absolute Gasteiger partial charge is 0.325 e. The van der Waals surface area contributed by atoms with Gasteiger partial charge in [0.1, 0.15) is 0 Å². The number of allylic oxidation sites excluding steroid dienone is 3. The Hall–Kier alpha value is -0.740. The van der Waals surface area contributed by atoms with Crippen molar-refractivity contribution in [1.82, 2.24) is 0 Å². The summed E-state index contributed by atoms with van der Waals surface area (Å²) in [7, 11) is 0. The van der Waals surface area contributed by atoms with Gasteiger partial charge in [0.25, 0.3) is 0 Å². The number of ether oxygens (including phenoxy) is 1. The van der Waals surface area contributed by atoms with E-state index in [2.05, 4.69) is 4.74 Å². The molecule has 1 aliphatic rings. The van der Waals surface area contributed by atoms with Crippen molar-refractivity contribution in [3.8, 4) is 0 Å². The molecule has 0 unspecified atom stereocenters. The monoisotopic (exact) mass is 203 g/mol. The van der Waals surface area contributed by atoms with Crippen LogP contribution in [-0.4, -0.2) is 19.3 Å². The van der Waals surface area contributed by atoms with Gasteiger partial charge in [0.2, 0.25) is 0 Å². The average Bonchev–Trinajstić information content (AvgIpc) is 2.15. The zero-order valence-electron chi connectivity index (χ0n) is 8.12. The zero-order valence-corrected chi connectivity index (χ0v) is 8.12. The summed E-state index contributed by atoms with van der Waals surface area (Å²) in [6, 6.07) is -0.405. The lowest BCUT2D eigenvalue weighted by molar-refractivity contribution is -0.136. The second-order valence-electron chi connectivity index (χ2n) is 3.70. The van der Waals surface area contributed by atoms with Crippen molar-refractivity contribution in [2.75, 3.05) is 6.61 Å². The molecule has 80 valence electrons. The van der Waals surface area contributed by atoms with E-state index in [1.165, 1.54) is 0 Å². The summed E-state index contributed by atoms with van der Waals surface area (Å²) in [5.74, 6) is 0. The van der Waals surface area contributed by atoms with Crippen molar-refractivity contribution in [1.29, 1.82) is 0 Å². The van der Waals surface area contributed by atoms with Gasteiger partial charge in [-0.2, -0.15) is 8.78 Å². The highest BCUT2D eigenvalue weighted by Crippen LogP contribution is 2.30. The Morgan fingerprint density at radius 1 is 1.50 bits per heavy atom. The molecular weight excluding hydrogens is 188 g/mol. The molecule has 0 aliphatic heterocycles. The minimum absolute atomic E-state index is 0.119. The standard InChI is InChI=1S/C10H15F2NO/c1-10(5-3-2-4-6-10)8(13)7-14-9(11)12/h2-5,8-9H,6-7,13H2,1H3/t8-,10+/m1/s1. The van der Waals surface area contributed by atoms with Crippen LogP contribution in [0, 0.1) is 5.41 Å². The van der Waals surface area contributed by atoms with Crippen LogP contribution in [0.4, 0.5) is 8.78 Å². The van der Waals surface area contributed by atoms with Crippen molar-refractivity contribution in [3.05, 3.63) is 24.3 Å². The molecule has 0 fully saturated rings. The quantitative estimate of drug-likeness (QED) is 0.759. The van der Waals surface area contributed by atoms with Crippen LogP contribution in [0.2, 0.25) is 0 Å². The molecule has 0 heterocycles. The van der Waals surface area contributed by atoms with Gasteiger partial charge >= 0.3 is 6.61 Å². The fourth-order valence-electron chi connectivity index (χ4n) is 1.39. The third-order valence-electron chi connectivity index (χ3n) is 2.53. The van der Waals surface area contributed by atoms with E-state index in [0.29, 0.717) is 0 Å². The topological polar surface area (TPSA) is 35.2 Å². The molecule has 2 atom stereocenters. The maximum Gasteiger partial charge on any atom is 0.345 e. The van der Waals surface area contributed by atoms with E-state index in [1.54, 1.807) is 0 Å². The maximum atomic E-state index is 11.8. The van der Waals surface area contributed by atoms with E-state index < -0.39 is 12.7 Å². The van der Waals surface area contributed by atoms with Crippen molar-refractivity contribution >= 4 is 0 Å². The first-order valence-electron chi connectivity index (χ1n) is 4.54. The van der Waals surface area contributed by atoms with E-state index in [4.69, 9.17) is 5.73 Å². The minimum Gasteiger partial charge on any atom is -0.325 e. The fourth-order valence-corrected chi connectivity index (χ4v) is 1.39. The molecule has 0 bridgehead atoms. The van der Waals surface area contributed by atoms with Gasteiger partial charge in [-0.25, -0.2) is 0 Å². The van der Waals surface area contributed by atoms with Gasteiger partial charge in [-0.05, 0) is 6.42 Å². The van der Waals surface area contributed by atoms with E-state index in [9.17, 15) is 8.78 Å². The second-order valence-corrected chi connectivity index (χ2v) is 3.70. The molecule has 0 aromatic heterocycles. The summed E-state index contributed by atoms with van der Waals surface area (Å²) >= 11 is 0. The summed E-state index contributed by atoms with van der Waals surface area (Å²) in [6.45, 7) is -0.925. The molecule has 1 rings (SSSR count). The predicted octanol–water partition coefficient (Wildman–Crippen LogP) is 2.08. The SMILES string of the molecule is C[C@]1([C@H](N)COC(F)F)C=CC=CC1. The highest BCUT2D eigenvalue weighted by molar-refractivity contribution is 5.17. The second kappa shape index (κ2) is 4.66. The molecule has 0 aromatic carbocycles. The lowest BCUT2D eigenvalue weighted by atomic mass is 9.77. The Labute approximate surface area is 82.4 Å². The molecule has 4 heteroatoms. The number of hydrogen-bond acceptors (Lipinski definition) is 2. The summed E-state index contributed by atoms with van der Waals surface area (Å²) in [6.07, 6.45) is 8.47. The van der Waals surface area contributed by atoms with Gasteiger partial charge in [-0.3, -0.25) is 0 Å². The lowest BCUT2D eigenvalue weighted by Gasteiger charge is -2.32. The summed E-state index contributed by atoms with van der Waals surface area (Å²) < 4.78 is 27.8. The van der Waals surface area contributed by atoms with Crippen molar-refractivity contribution < 1.29 is 13.5 Å². The Balaban J connectivity index is 2.46. The van der Waals surface area contributed by atoms with Gasteiger partial charge in [-0.1, -0.05) is 31.2 Å². The Bertz CT molecular complexity index is 240. The molecule has 14 heavy (non-hydrogen) atoms. The first kappa shape index (κ1) is 11.3. The first-order valence-corrected chi connectivity index (χ1v) is 4.54. The van der Waals surface area contributed by atoms with E-state index >= 15 is 0 Å². The normalized spacial score (nSPS) is 28.4. The number of alkyl halides is 2. The zero-order chi connectivity index (χ0) is 10.6. The molecule has 2 nitrogen and oxygen atoms in total.